The number of benzene rings is 1. The van der Waals surface area contributed by atoms with Crippen molar-refractivity contribution in [1.82, 2.24) is 4.98 Å². The number of aliphatic carboxylic acids is 1. The number of pyridine rings is 1. The van der Waals surface area contributed by atoms with Crippen molar-refractivity contribution in [3.05, 3.63) is 42.1 Å². The van der Waals surface area contributed by atoms with Gasteiger partial charge >= 0.3 is 5.97 Å². The van der Waals surface area contributed by atoms with E-state index in [1.165, 1.54) is 23.9 Å². The first kappa shape index (κ1) is 13.5. The number of aromatic nitrogens is 1. The Bertz CT molecular complexity index is 783. The van der Waals surface area contributed by atoms with Gasteiger partial charge in [0, 0.05) is 17.0 Å². The van der Waals surface area contributed by atoms with Crippen LogP contribution in [0.1, 0.15) is 43.7 Å². The largest absolute Gasteiger partial charge is 0.481 e. The zero-order valence-electron chi connectivity index (χ0n) is 13.1. The van der Waals surface area contributed by atoms with Gasteiger partial charge in [-0.3, -0.25) is 9.78 Å². The normalized spacial score (nSPS) is 38.1. The molecule has 2 aromatic rings. The molecule has 2 unspecified atom stereocenters. The Labute approximate surface area is 135 Å². The average Bonchev–Trinajstić information content (AvgIpc) is 2.53. The Morgan fingerprint density at radius 1 is 1.04 bits per heavy atom. The lowest BCUT2D eigenvalue weighted by Crippen LogP contribution is -2.53. The summed E-state index contributed by atoms with van der Waals surface area (Å²) in [6, 6.07) is 12.6. The van der Waals surface area contributed by atoms with Crippen molar-refractivity contribution in [2.45, 2.75) is 38.0 Å². The van der Waals surface area contributed by atoms with Gasteiger partial charge in [0.15, 0.2) is 0 Å². The van der Waals surface area contributed by atoms with Crippen LogP contribution in [0.4, 0.5) is 0 Å². The van der Waals surface area contributed by atoms with E-state index in [9.17, 15) is 9.90 Å². The number of nitrogens with zero attached hydrogens (tertiary/aromatic N) is 1. The van der Waals surface area contributed by atoms with Crippen LogP contribution in [0.25, 0.3) is 10.9 Å². The third kappa shape index (κ3) is 1.89. The summed E-state index contributed by atoms with van der Waals surface area (Å²) in [5.41, 5.74) is 1.83. The van der Waals surface area contributed by atoms with Crippen molar-refractivity contribution in [2.24, 2.45) is 23.2 Å². The number of hydrogen-bond donors (Lipinski definition) is 1. The molecule has 23 heavy (non-hydrogen) atoms. The minimum absolute atomic E-state index is 0.427. The lowest BCUT2D eigenvalue weighted by molar-refractivity contribution is -0.166. The highest BCUT2D eigenvalue weighted by Gasteiger charge is 2.59. The fourth-order valence-electron chi connectivity index (χ4n) is 6.04. The Morgan fingerprint density at radius 3 is 2.52 bits per heavy atom. The van der Waals surface area contributed by atoms with Crippen molar-refractivity contribution in [2.75, 3.05) is 0 Å². The second-order valence-corrected chi connectivity index (χ2v) is 8.01. The number of carbonyl (C=O) groups is 1. The van der Waals surface area contributed by atoms with Crippen LogP contribution >= 0.6 is 0 Å². The molecule has 0 spiro atoms. The smallest absolute Gasteiger partial charge is 0.309 e. The van der Waals surface area contributed by atoms with Gasteiger partial charge in [0.1, 0.15) is 0 Å². The van der Waals surface area contributed by atoms with Gasteiger partial charge in [-0.05, 0) is 62.0 Å². The molecule has 0 saturated heterocycles. The van der Waals surface area contributed by atoms with E-state index < -0.39 is 11.4 Å². The van der Waals surface area contributed by atoms with Gasteiger partial charge in [0.25, 0.3) is 0 Å². The molecule has 1 heterocycles. The van der Waals surface area contributed by atoms with E-state index in [2.05, 4.69) is 24.3 Å². The van der Waals surface area contributed by atoms with Crippen LogP contribution in [0.15, 0.2) is 36.4 Å². The molecule has 1 N–H and O–H groups in total. The second-order valence-electron chi connectivity index (χ2n) is 8.01. The maximum Gasteiger partial charge on any atom is 0.309 e. The highest BCUT2D eigenvalue weighted by Crippen LogP contribution is 2.64. The van der Waals surface area contributed by atoms with E-state index in [4.69, 9.17) is 4.98 Å². The Balaban J connectivity index is 1.55. The molecule has 4 fully saturated rings. The number of hydrogen-bond acceptors (Lipinski definition) is 2. The molecule has 4 aliphatic rings. The summed E-state index contributed by atoms with van der Waals surface area (Å²) in [5.74, 6) is 1.54. The molecule has 1 aromatic heterocycles. The number of carboxylic acids is 1. The monoisotopic (exact) mass is 307 g/mol. The number of para-hydroxylation sites is 1. The Kier molecular flexibility index (Phi) is 2.68. The maximum absolute atomic E-state index is 11.9. The van der Waals surface area contributed by atoms with Gasteiger partial charge in [0.2, 0.25) is 0 Å². The fourth-order valence-corrected chi connectivity index (χ4v) is 6.04. The van der Waals surface area contributed by atoms with Crippen molar-refractivity contribution < 1.29 is 9.90 Å². The van der Waals surface area contributed by atoms with Crippen LogP contribution in [0.2, 0.25) is 0 Å². The molecule has 6 rings (SSSR count). The molecule has 0 aliphatic heterocycles. The molecule has 4 saturated carbocycles. The van der Waals surface area contributed by atoms with Gasteiger partial charge in [0.05, 0.1) is 10.9 Å². The third-order valence-corrected chi connectivity index (χ3v) is 6.69. The minimum Gasteiger partial charge on any atom is -0.481 e. The van der Waals surface area contributed by atoms with Crippen LogP contribution in [-0.4, -0.2) is 16.1 Å². The molecule has 2 atom stereocenters. The average molecular weight is 307 g/mol. The SMILES string of the molecule is O=C(O)C12CC3CC(C1)C(c1ccc4ccccc4n1)C(C3)C2. The number of carboxylic acid groups (broad SMARTS) is 1. The molecule has 0 amide bonds. The van der Waals surface area contributed by atoms with Gasteiger partial charge in [-0.15, -0.1) is 0 Å². The van der Waals surface area contributed by atoms with E-state index >= 15 is 0 Å². The molecule has 4 bridgehead atoms. The zero-order valence-corrected chi connectivity index (χ0v) is 13.1. The summed E-state index contributed by atoms with van der Waals surface area (Å²) >= 11 is 0. The molecule has 1 aromatic carbocycles. The molecule has 118 valence electrons. The first-order valence-corrected chi connectivity index (χ1v) is 8.74. The molecular formula is C20H21NO2. The molecule has 4 aliphatic carbocycles. The van der Waals surface area contributed by atoms with E-state index in [-0.39, 0.29) is 0 Å². The molecular weight excluding hydrogens is 286 g/mol. The summed E-state index contributed by atoms with van der Waals surface area (Å²) in [6.07, 6.45) is 5.02. The fraction of sp³-hybridized carbons (Fsp3) is 0.500. The van der Waals surface area contributed by atoms with Crippen LogP contribution in [0.3, 0.4) is 0 Å². The molecule has 3 nitrogen and oxygen atoms in total. The van der Waals surface area contributed by atoms with Crippen LogP contribution in [0.5, 0.6) is 0 Å². The van der Waals surface area contributed by atoms with Crippen molar-refractivity contribution in [1.29, 1.82) is 0 Å². The number of rotatable bonds is 2. The molecule has 3 heteroatoms. The van der Waals surface area contributed by atoms with Gasteiger partial charge in [-0.25, -0.2) is 0 Å². The second kappa shape index (κ2) is 4.56. The van der Waals surface area contributed by atoms with E-state index in [1.54, 1.807) is 0 Å². The number of fused-ring (bicyclic) bond motifs is 1. The lowest BCUT2D eigenvalue weighted by Gasteiger charge is -2.58. The summed E-state index contributed by atoms with van der Waals surface area (Å²) in [6.45, 7) is 0. The van der Waals surface area contributed by atoms with Crippen LogP contribution < -0.4 is 0 Å². The quantitative estimate of drug-likeness (QED) is 0.903. The summed E-state index contributed by atoms with van der Waals surface area (Å²) in [7, 11) is 0. The van der Waals surface area contributed by atoms with Gasteiger partial charge in [-0.2, -0.15) is 0 Å². The predicted octanol–water partition coefficient (Wildman–Crippen LogP) is 4.23. The Morgan fingerprint density at radius 2 is 1.78 bits per heavy atom. The molecule has 0 radical (unpaired) electrons. The first-order valence-electron chi connectivity index (χ1n) is 8.74. The van der Waals surface area contributed by atoms with Crippen LogP contribution in [0, 0.1) is 23.2 Å². The maximum atomic E-state index is 11.9. The summed E-state index contributed by atoms with van der Waals surface area (Å²) in [4.78, 5) is 16.8. The predicted molar refractivity (Wildman–Crippen MR) is 88.1 cm³/mol. The zero-order chi connectivity index (χ0) is 15.6. The summed E-state index contributed by atoms with van der Waals surface area (Å²) < 4.78 is 0. The minimum atomic E-state index is -0.554. The Hall–Kier alpha value is -1.90. The first-order chi connectivity index (χ1) is 11.1. The highest BCUT2D eigenvalue weighted by atomic mass is 16.4. The van der Waals surface area contributed by atoms with Crippen molar-refractivity contribution in [3.63, 3.8) is 0 Å². The highest BCUT2D eigenvalue weighted by molar-refractivity contribution is 5.78. The van der Waals surface area contributed by atoms with Gasteiger partial charge < -0.3 is 5.11 Å². The van der Waals surface area contributed by atoms with E-state index in [1.807, 2.05) is 12.1 Å². The topological polar surface area (TPSA) is 50.2 Å². The summed E-state index contributed by atoms with van der Waals surface area (Å²) in [5, 5.41) is 10.9. The van der Waals surface area contributed by atoms with Crippen molar-refractivity contribution in [3.8, 4) is 0 Å². The van der Waals surface area contributed by atoms with E-state index in [0.717, 1.165) is 24.8 Å². The van der Waals surface area contributed by atoms with E-state index in [0.29, 0.717) is 23.7 Å². The van der Waals surface area contributed by atoms with Crippen LogP contribution in [-0.2, 0) is 4.79 Å². The van der Waals surface area contributed by atoms with Crippen molar-refractivity contribution >= 4 is 16.9 Å². The van der Waals surface area contributed by atoms with Gasteiger partial charge in [-0.1, -0.05) is 24.3 Å². The lowest BCUT2D eigenvalue weighted by atomic mass is 9.45. The standard InChI is InChI=1S/C20H21NO2/c22-19(23)20-9-12-7-14(10-20)18(15(8-12)11-20)17-6-5-13-3-1-2-4-16(13)21-17/h1-6,12,14-15,18H,7-11H2,(H,22,23). The third-order valence-electron chi connectivity index (χ3n) is 6.69.